The number of phenolic OH excluding ortho intramolecular Hbond substituents is 1. The molecule has 0 bridgehead atoms. The van der Waals surface area contributed by atoms with Crippen LogP contribution in [0, 0.1) is 0 Å². The lowest BCUT2D eigenvalue weighted by Crippen LogP contribution is -2.33. The highest BCUT2D eigenvalue weighted by Crippen LogP contribution is 2.31. The largest absolute Gasteiger partial charge is 0.506 e. The molecule has 0 aromatic heterocycles. The van der Waals surface area contributed by atoms with Gasteiger partial charge in [-0.15, -0.1) is 0 Å². The minimum Gasteiger partial charge on any atom is -0.506 e. The lowest BCUT2D eigenvalue weighted by molar-refractivity contribution is -0.119. The van der Waals surface area contributed by atoms with Gasteiger partial charge in [-0.3, -0.25) is 9.79 Å². The maximum Gasteiger partial charge on any atom is 0.225 e. The summed E-state index contributed by atoms with van der Waals surface area (Å²) in [7, 11) is 0. The van der Waals surface area contributed by atoms with Gasteiger partial charge >= 0.3 is 0 Å². The van der Waals surface area contributed by atoms with E-state index in [2.05, 4.69) is 31.6 Å². The number of rotatable bonds is 6. The molecule has 3 N–H and O–H groups in total. The number of benzene rings is 3. The van der Waals surface area contributed by atoms with E-state index in [9.17, 15) is 9.90 Å². The molecular weight excluding hydrogens is 510 g/mol. The predicted octanol–water partition coefficient (Wildman–Crippen LogP) is 6.37. The van der Waals surface area contributed by atoms with Crippen LogP contribution in [0.5, 0.6) is 5.75 Å². The van der Waals surface area contributed by atoms with Crippen molar-refractivity contribution >= 4 is 68.4 Å². The predicted molar refractivity (Wildman–Crippen MR) is 138 cm³/mol. The molecule has 8 heteroatoms. The van der Waals surface area contributed by atoms with Gasteiger partial charge in [-0.25, -0.2) is 0 Å². The Hall–Kier alpha value is -2.74. The maximum absolute atomic E-state index is 11.4. The second-order valence-corrected chi connectivity index (χ2v) is 8.61. The molecule has 0 aliphatic rings. The average Bonchev–Trinajstić information content (AvgIpc) is 2.77. The van der Waals surface area contributed by atoms with Gasteiger partial charge in [0.15, 0.2) is 5.11 Å². The molecule has 0 unspecified atom stereocenters. The number of nitrogens with one attached hydrogen (secondary N) is 2. The van der Waals surface area contributed by atoms with Crippen LogP contribution in [0.1, 0.15) is 30.0 Å². The van der Waals surface area contributed by atoms with Crippen molar-refractivity contribution in [3.63, 3.8) is 0 Å². The number of halogens is 2. The summed E-state index contributed by atoms with van der Waals surface area (Å²) in [5.74, 6) is -0.0292. The van der Waals surface area contributed by atoms with Crippen LogP contribution in [-0.2, 0) is 11.2 Å². The van der Waals surface area contributed by atoms with Crippen LogP contribution in [0.4, 0.5) is 11.4 Å². The summed E-state index contributed by atoms with van der Waals surface area (Å²) in [5.41, 5.74) is 4.02. The van der Waals surface area contributed by atoms with Crippen molar-refractivity contribution in [3.8, 4) is 5.75 Å². The fraction of sp³-hybridized carbons (Fsp3) is 0.125. The maximum atomic E-state index is 11.4. The second-order valence-electron chi connectivity index (χ2n) is 6.94. The van der Waals surface area contributed by atoms with E-state index >= 15 is 0 Å². The van der Waals surface area contributed by atoms with Gasteiger partial charge in [0.25, 0.3) is 0 Å². The number of aliphatic imine (C=N–C) groups is 1. The molecular formula is C24H21BrClN3O2S. The Kier molecular flexibility index (Phi) is 8.39. The third-order valence-electron chi connectivity index (χ3n) is 4.56. The van der Waals surface area contributed by atoms with Gasteiger partial charge in [0.05, 0.1) is 10.2 Å². The van der Waals surface area contributed by atoms with E-state index in [0.29, 0.717) is 33.6 Å². The zero-order chi connectivity index (χ0) is 23.1. The first-order chi connectivity index (χ1) is 15.4. The number of amides is 1. The lowest BCUT2D eigenvalue weighted by Gasteiger charge is -2.09. The number of phenols is 1. The van der Waals surface area contributed by atoms with Crippen LogP contribution in [-0.4, -0.2) is 22.3 Å². The van der Waals surface area contributed by atoms with Crippen molar-refractivity contribution in [3.05, 3.63) is 86.8 Å². The molecule has 0 atom stereocenters. The minimum atomic E-state index is -0.147. The van der Waals surface area contributed by atoms with Crippen LogP contribution >= 0.6 is 39.7 Å². The minimum absolute atomic E-state index is 0.118. The molecule has 0 heterocycles. The summed E-state index contributed by atoms with van der Waals surface area (Å²) in [4.78, 5) is 15.9. The van der Waals surface area contributed by atoms with Crippen molar-refractivity contribution in [2.45, 2.75) is 19.8 Å². The van der Waals surface area contributed by atoms with Crippen LogP contribution in [0.3, 0.4) is 0 Å². The fourth-order valence-corrected chi connectivity index (χ4v) is 3.85. The zero-order valence-corrected chi connectivity index (χ0v) is 20.4. The molecule has 3 rings (SSSR count). The van der Waals surface area contributed by atoms with Crippen molar-refractivity contribution < 1.29 is 9.90 Å². The normalized spacial score (nSPS) is 10.8. The van der Waals surface area contributed by atoms with E-state index in [0.717, 1.165) is 16.8 Å². The third kappa shape index (κ3) is 6.63. The molecule has 0 saturated carbocycles. The Labute approximate surface area is 205 Å². The molecule has 0 aliphatic heterocycles. The van der Waals surface area contributed by atoms with Crippen LogP contribution < -0.4 is 10.6 Å². The molecule has 0 aliphatic carbocycles. The Morgan fingerprint density at radius 1 is 1.19 bits per heavy atom. The van der Waals surface area contributed by atoms with E-state index in [1.54, 1.807) is 25.3 Å². The molecule has 164 valence electrons. The van der Waals surface area contributed by atoms with Crippen LogP contribution in [0.2, 0.25) is 5.02 Å². The second kappa shape index (κ2) is 11.2. The average molecular weight is 531 g/mol. The number of thiocarbonyl (C=S) groups is 1. The number of nitrogens with zero attached hydrogens (tertiary/aromatic N) is 1. The van der Waals surface area contributed by atoms with Gasteiger partial charge in [-0.1, -0.05) is 36.7 Å². The number of hydrogen-bond acceptors (Lipinski definition) is 4. The molecule has 0 radical (unpaired) electrons. The summed E-state index contributed by atoms with van der Waals surface area (Å²) < 4.78 is 0.589. The van der Waals surface area contributed by atoms with Gasteiger partial charge in [0, 0.05) is 28.9 Å². The number of anilines is 1. The van der Waals surface area contributed by atoms with Crippen molar-refractivity contribution in [2.75, 3.05) is 5.32 Å². The van der Waals surface area contributed by atoms with Gasteiger partial charge < -0.3 is 15.7 Å². The summed E-state index contributed by atoms with van der Waals surface area (Å²) in [5, 5.41) is 16.9. The van der Waals surface area contributed by atoms with Crippen molar-refractivity contribution in [1.82, 2.24) is 5.32 Å². The number of carbonyl (C=O) groups excluding carboxylic acids is 1. The molecule has 0 fully saturated rings. The Morgan fingerprint density at radius 2 is 1.91 bits per heavy atom. The first-order valence-electron chi connectivity index (χ1n) is 9.85. The first-order valence-corrected chi connectivity index (χ1v) is 11.4. The van der Waals surface area contributed by atoms with Crippen molar-refractivity contribution in [1.29, 1.82) is 0 Å². The monoisotopic (exact) mass is 529 g/mol. The highest BCUT2D eigenvalue weighted by atomic mass is 79.9. The molecule has 32 heavy (non-hydrogen) atoms. The van der Waals surface area contributed by atoms with E-state index < -0.39 is 0 Å². The Bertz CT molecular complexity index is 1170. The van der Waals surface area contributed by atoms with E-state index in [1.165, 1.54) is 0 Å². The highest BCUT2D eigenvalue weighted by Gasteiger charge is 2.09. The highest BCUT2D eigenvalue weighted by molar-refractivity contribution is 9.10. The van der Waals surface area contributed by atoms with E-state index in [-0.39, 0.29) is 16.8 Å². The van der Waals surface area contributed by atoms with Crippen molar-refractivity contribution in [2.24, 2.45) is 4.99 Å². The Morgan fingerprint density at radius 3 is 2.59 bits per heavy atom. The summed E-state index contributed by atoms with van der Waals surface area (Å²) >= 11 is 14.8. The smallest absolute Gasteiger partial charge is 0.225 e. The molecule has 3 aromatic rings. The Balaban J connectivity index is 1.73. The number of carbonyl (C=O) groups is 1. The van der Waals surface area contributed by atoms with E-state index in [4.69, 9.17) is 23.8 Å². The van der Waals surface area contributed by atoms with Gasteiger partial charge in [0.2, 0.25) is 5.91 Å². The standard InChI is InChI=1S/C24H21BrClN3O2S/c1-2-22(30)29-24(32)28-19-9-7-18(8-10-19)27-14-17-12-15(13-20(25)23(17)31)11-16-5-3-4-6-21(16)26/h3-10,12-14,31H,2,11H2,1H3,(H2,28,29,30,32). The summed E-state index contributed by atoms with van der Waals surface area (Å²) in [6.07, 6.45) is 2.61. The quantitative estimate of drug-likeness (QED) is 0.256. The fourth-order valence-electron chi connectivity index (χ4n) is 2.89. The molecule has 1 amide bonds. The SMILES string of the molecule is CCC(=O)NC(=S)Nc1ccc(N=Cc2cc(Cc3ccccc3Cl)cc(Br)c2O)cc1. The summed E-state index contributed by atoms with van der Waals surface area (Å²) in [6.45, 7) is 1.76. The molecule has 3 aromatic carbocycles. The third-order valence-corrected chi connectivity index (χ3v) is 5.73. The first kappa shape index (κ1) is 23.9. The topological polar surface area (TPSA) is 73.7 Å². The van der Waals surface area contributed by atoms with Gasteiger partial charge in [0.1, 0.15) is 5.75 Å². The zero-order valence-electron chi connectivity index (χ0n) is 17.2. The van der Waals surface area contributed by atoms with Crippen LogP contribution in [0.15, 0.2) is 70.1 Å². The van der Waals surface area contributed by atoms with E-state index in [1.807, 2.05) is 48.5 Å². The lowest BCUT2D eigenvalue weighted by atomic mass is 10.0. The van der Waals surface area contributed by atoms with Gasteiger partial charge in [-0.05, 0) is 88.2 Å². The molecule has 5 nitrogen and oxygen atoms in total. The van der Waals surface area contributed by atoms with Crippen LogP contribution in [0.25, 0.3) is 0 Å². The summed E-state index contributed by atoms with van der Waals surface area (Å²) in [6, 6.07) is 18.7. The van der Waals surface area contributed by atoms with Gasteiger partial charge in [-0.2, -0.15) is 0 Å². The number of hydrogen-bond donors (Lipinski definition) is 3. The molecule has 0 spiro atoms. The number of aromatic hydroxyl groups is 1. The molecule has 0 saturated heterocycles.